The van der Waals surface area contributed by atoms with E-state index in [1.807, 2.05) is 12.1 Å². The average molecular weight is 307 g/mol. The first-order valence-electron chi connectivity index (χ1n) is 7.02. The third-order valence-electron chi connectivity index (χ3n) is 3.60. The minimum absolute atomic E-state index is 0.0110. The topological polar surface area (TPSA) is 57.6 Å². The number of benzene rings is 1. The molecular formula is C16H21NO3S. The molecule has 2 rings (SSSR count). The van der Waals surface area contributed by atoms with E-state index < -0.39 is 5.97 Å². The van der Waals surface area contributed by atoms with Crippen molar-refractivity contribution in [2.24, 2.45) is 0 Å². The van der Waals surface area contributed by atoms with Crippen LogP contribution in [0, 0.1) is 0 Å². The Kier molecular flexibility index (Phi) is 4.61. The Balaban J connectivity index is 2.16. The number of thioether (sulfide) groups is 1. The molecule has 0 bridgehead atoms. The van der Waals surface area contributed by atoms with E-state index in [1.54, 1.807) is 16.7 Å². The van der Waals surface area contributed by atoms with Gasteiger partial charge in [0.05, 0.1) is 12.2 Å². The molecule has 21 heavy (non-hydrogen) atoms. The zero-order chi connectivity index (χ0) is 15.6. The van der Waals surface area contributed by atoms with Gasteiger partial charge in [-0.2, -0.15) is 0 Å². The predicted octanol–water partition coefficient (Wildman–Crippen LogP) is 3.03. The fourth-order valence-corrected chi connectivity index (χ4v) is 3.55. The maximum absolute atomic E-state index is 11.9. The van der Waals surface area contributed by atoms with Crippen LogP contribution < -0.4 is 0 Å². The fraction of sp³-hybridized carbons (Fsp3) is 0.500. The van der Waals surface area contributed by atoms with Gasteiger partial charge < -0.3 is 10.0 Å². The summed E-state index contributed by atoms with van der Waals surface area (Å²) in [6.07, 6.45) is -0.0110. The highest BCUT2D eigenvalue weighted by Crippen LogP contribution is 2.39. The minimum Gasteiger partial charge on any atom is -0.481 e. The normalized spacial score (nSPS) is 19.1. The number of carbonyl (C=O) groups is 2. The first-order chi connectivity index (χ1) is 9.79. The molecule has 1 aromatic carbocycles. The number of aliphatic carboxylic acids is 1. The number of carboxylic acids is 1. The van der Waals surface area contributed by atoms with Crippen molar-refractivity contribution in [1.82, 2.24) is 4.90 Å². The highest BCUT2D eigenvalue weighted by Gasteiger charge is 2.32. The van der Waals surface area contributed by atoms with Gasteiger partial charge in [-0.15, -0.1) is 11.8 Å². The number of carbonyl (C=O) groups excluding carboxylic acids is 1. The lowest BCUT2D eigenvalue weighted by atomic mass is 9.86. The third kappa shape index (κ3) is 3.79. The second-order valence-electron chi connectivity index (χ2n) is 6.27. The van der Waals surface area contributed by atoms with E-state index in [1.165, 1.54) is 5.56 Å². The van der Waals surface area contributed by atoms with Crippen LogP contribution in [0.3, 0.4) is 0 Å². The van der Waals surface area contributed by atoms with Crippen LogP contribution in [0.15, 0.2) is 24.3 Å². The predicted molar refractivity (Wildman–Crippen MR) is 84.3 cm³/mol. The Morgan fingerprint density at radius 3 is 2.48 bits per heavy atom. The first-order valence-corrected chi connectivity index (χ1v) is 8.07. The van der Waals surface area contributed by atoms with Crippen molar-refractivity contribution in [3.63, 3.8) is 0 Å². The Morgan fingerprint density at radius 2 is 1.95 bits per heavy atom. The van der Waals surface area contributed by atoms with Gasteiger partial charge in [0.25, 0.3) is 0 Å². The van der Waals surface area contributed by atoms with E-state index in [2.05, 4.69) is 32.9 Å². The Labute approximate surface area is 129 Å². The van der Waals surface area contributed by atoms with Crippen LogP contribution in [-0.2, 0) is 15.0 Å². The van der Waals surface area contributed by atoms with Gasteiger partial charge in [0.2, 0.25) is 5.91 Å². The number of hydrogen-bond acceptors (Lipinski definition) is 3. The van der Waals surface area contributed by atoms with E-state index in [9.17, 15) is 9.59 Å². The molecule has 114 valence electrons. The summed E-state index contributed by atoms with van der Waals surface area (Å²) in [5, 5.41) is 8.73. The first kappa shape index (κ1) is 15.9. The molecule has 0 aliphatic carbocycles. The summed E-state index contributed by atoms with van der Waals surface area (Å²) in [4.78, 5) is 24.3. The molecule has 1 aromatic rings. The van der Waals surface area contributed by atoms with Crippen LogP contribution in [0.2, 0.25) is 0 Å². The van der Waals surface area contributed by atoms with Crippen molar-refractivity contribution in [2.45, 2.75) is 38.0 Å². The SMILES string of the molecule is CC(C)(C)c1ccc(C2SCC(=O)N2CCC(=O)O)cc1. The van der Waals surface area contributed by atoms with Crippen LogP contribution in [0.25, 0.3) is 0 Å². The standard InChI is InChI=1S/C16H21NO3S/c1-16(2,3)12-6-4-11(5-7-12)15-17(9-8-14(19)20)13(18)10-21-15/h4-7,15H,8-10H2,1-3H3,(H,19,20). The molecule has 1 saturated heterocycles. The van der Waals surface area contributed by atoms with E-state index in [-0.39, 0.29) is 29.7 Å². The summed E-state index contributed by atoms with van der Waals surface area (Å²) in [6, 6.07) is 8.28. The molecular weight excluding hydrogens is 286 g/mol. The second-order valence-corrected chi connectivity index (χ2v) is 7.33. The summed E-state index contributed by atoms with van der Waals surface area (Å²) >= 11 is 1.56. The number of hydrogen-bond donors (Lipinski definition) is 1. The van der Waals surface area contributed by atoms with Crippen molar-refractivity contribution in [1.29, 1.82) is 0 Å². The smallest absolute Gasteiger partial charge is 0.305 e. The molecule has 1 aliphatic heterocycles. The van der Waals surface area contributed by atoms with Crippen molar-refractivity contribution in [3.05, 3.63) is 35.4 Å². The van der Waals surface area contributed by atoms with Gasteiger partial charge in [-0.25, -0.2) is 0 Å². The summed E-state index contributed by atoms with van der Waals surface area (Å²) in [5.74, 6) is -0.432. The molecule has 0 saturated carbocycles. The van der Waals surface area contributed by atoms with Gasteiger partial charge >= 0.3 is 5.97 Å². The van der Waals surface area contributed by atoms with E-state index in [0.29, 0.717) is 5.75 Å². The zero-order valence-corrected chi connectivity index (χ0v) is 13.4. The summed E-state index contributed by atoms with van der Waals surface area (Å²) < 4.78 is 0. The molecule has 1 heterocycles. The molecule has 1 unspecified atom stereocenters. The molecule has 1 amide bonds. The minimum atomic E-state index is -0.874. The van der Waals surface area contributed by atoms with Crippen molar-refractivity contribution >= 4 is 23.6 Å². The molecule has 4 nitrogen and oxygen atoms in total. The van der Waals surface area contributed by atoms with E-state index in [0.717, 1.165) is 5.56 Å². The lowest BCUT2D eigenvalue weighted by Gasteiger charge is -2.25. The Hall–Kier alpha value is -1.49. The van der Waals surface area contributed by atoms with Crippen molar-refractivity contribution < 1.29 is 14.7 Å². The Bertz CT molecular complexity index is 533. The molecule has 0 aromatic heterocycles. The van der Waals surface area contributed by atoms with Crippen LogP contribution in [0.1, 0.15) is 43.7 Å². The lowest BCUT2D eigenvalue weighted by Crippen LogP contribution is -2.30. The summed E-state index contributed by atoms with van der Waals surface area (Å²) in [7, 11) is 0. The third-order valence-corrected chi connectivity index (χ3v) is 4.85. The van der Waals surface area contributed by atoms with Gasteiger partial charge in [0.1, 0.15) is 5.37 Å². The number of carboxylic acid groups (broad SMARTS) is 1. The molecule has 1 atom stereocenters. The largest absolute Gasteiger partial charge is 0.481 e. The van der Waals surface area contributed by atoms with Gasteiger partial charge in [0, 0.05) is 6.54 Å². The number of amides is 1. The lowest BCUT2D eigenvalue weighted by molar-refractivity contribution is -0.138. The van der Waals surface area contributed by atoms with Crippen molar-refractivity contribution in [2.75, 3.05) is 12.3 Å². The maximum atomic E-state index is 11.9. The number of rotatable bonds is 4. The van der Waals surface area contributed by atoms with E-state index in [4.69, 9.17) is 5.11 Å². The quantitative estimate of drug-likeness (QED) is 0.929. The van der Waals surface area contributed by atoms with Gasteiger partial charge in [0.15, 0.2) is 0 Å². The Morgan fingerprint density at radius 1 is 1.33 bits per heavy atom. The second kappa shape index (κ2) is 6.10. The summed E-state index contributed by atoms with van der Waals surface area (Å²) in [6.45, 7) is 6.76. The number of nitrogens with zero attached hydrogens (tertiary/aromatic N) is 1. The molecule has 5 heteroatoms. The van der Waals surface area contributed by atoms with Gasteiger partial charge in [-0.1, -0.05) is 45.0 Å². The van der Waals surface area contributed by atoms with Gasteiger partial charge in [-0.05, 0) is 16.5 Å². The molecule has 1 aliphatic rings. The molecule has 0 radical (unpaired) electrons. The van der Waals surface area contributed by atoms with Crippen LogP contribution in [0.5, 0.6) is 0 Å². The fourth-order valence-electron chi connectivity index (χ4n) is 2.34. The van der Waals surface area contributed by atoms with Crippen molar-refractivity contribution in [3.8, 4) is 0 Å². The highest BCUT2D eigenvalue weighted by molar-refractivity contribution is 8.00. The molecule has 1 fully saturated rings. The average Bonchev–Trinajstić information content (AvgIpc) is 2.77. The zero-order valence-electron chi connectivity index (χ0n) is 12.6. The van der Waals surface area contributed by atoms with Crippen LogP contribution in [0.4, 0.5) is 0 Å². The van der Waals surface area contributed by atoms with Crippen LogP contribution >= 0.6 is 11.8 Å². The summed E-state index contributed by atoms with van der Waals surface area (Å²) in [5.41, 5.74) is 2.40. The maximum Gasteiger partial charge on any atom is 0.305 e. The highest BCUT2D eigenvalue weighted by atomic mass is 32.2. The molecule has 1 N–H and O–H groups in total. The van der Waals surface area contributed by atoms with E-state index >= 15 is 0 Å². The monoisotopic (exact) mass is 307 g/mol. The van der Waals surface area contributed by atoms with Gasteiger partial charge in [-0.3, -0.25) is 9.59 Å². The molecule has 0 spiro atoms. The van der Waals surface area contributed by atoms with Crippen LogP contribution in [-0.4, -0.2) is 34.2 Å².